The van der Waals surface area contributed by atoms with Gasteiger partial charge in [0.1, 0.15) is 5.60 Å². The van der Waals surface area contributed by atoms with Gasteiger partial charge in [-0.05, 0) is 72.5 Å². The third kappa shape index (κ3) is 5.21. The second-order valence-corrected chi connectivity index (χ2v) is 11.7. The van der Waals surface area contributed by atoms with Crippen molar-refractivity contribution in [3.8, 4) is 0 Å². The molecular weight excluding hydrogens is 538 g/mol. The first-order valence-electron chi connectivity index (χ1n) is 14.8. The molecule has 42 heavy (non-hydrogen) atoms. The van der Waals surface area contributed by atoms with E-state index in [0.717, 1.165) is 84.0 Å². The van der Waals surface area contributed by atoms with Crippen molar-refractivity contribution in [1.29, 1.82) is 0 Å². The van der Waals surface area contributed by atoms with Gasteiger partial charge in [0.15, 0.2) is 0 Å². The molecule has 1 N–H and O–H groups in total. The van der Waals surface area contributed by atoms with E-state index in [0.29, 0.717) is 5.02 Å². The summed E-state index contributed by atoms with van der Waals surface area (Å²) in [6.45, 7) is 13.5. The summed E-state index contributed by atoms with van der Waals surface area (Å²) in [6, 6.07) is 32.6. The standard InChI is InChI=1S/C37H38ClN3O/c1-4-20-41-28(3)36(40-23-21-39(22-24-40)34-8-6-5-7-9-34)26-29-25-32(16-19-35(29)41)37(42,30-12-10-27(2)11-13-30)31-14-17-33(38)18-15-31/h5-19,25-26,42H,3-4,20-24H2,1-2H3. The molecule has 2 aliphatic heterocycles. The smallest absolute Gasteiger partial charge is 0.140 e. The Kier molecular flexibility index (Phi) is 7.85. The van der Waals surface area contributed by atoms with Crippen LogP contribution in [-0.2, 0) is 5.60 Å². The topological polar surface area (TPSA) is 30.0 Å². The Hall–Kier alpha value is -3.99. The van der Waals surface area contributed by atoms with Crippen molar-refractivity contribution in [2.45, 2.75) is 25.9 Å². The van der Waals surface area contributed by atoms with Gasteiger partial charge in [0, 0.05) is 54.7 Å². The summed E-state index contributed by atoms with van der Waals surface area (Å²) in [5.74, 6) is 0. The first-order valence-corrected chi connectivity index (χ1v) is 15.2. The summed E-state index contributed by atoms with van der Waals surface area (Å²) < 4.78 is 0. The van der Waals surface area contributed by atoms with Crippen molar-refractivity contribution < 1.29 is 5.11 Å². The molecule has 0 bridgehead atoms. The molecule has 0 saturated carbocycles. The predicted molar refractivity (Wildman–Crippen MR) is 176 cm³/mol. The first-order chi connectivity index (χ1) is 20.4. The molecule has 0 aromatic heterocycles. The van der Waals surface area contributed by atoms with Crippen molar-refractivity contribution in [2.75, 3.05) is 42.5 Å². The zero-order chi connectivity index (χ0) is 29.3. The fraction of sp³-hybridized carbons (Fsp3) is 0.243. The molecular formula is C37H38ClN3O. The SMILES string of the molecule is C=C1C(N2CCN(c3ccccc3)CC2)=Cc2cc(C(O)(c3ccc(C)cc3)c3ccc(Cl)cc3)ccc2N1CCC. The molecule has 0 spiro atoms. The Morgan fingerprint density at radius 2 is 1.38 bits per heavy atom. The lowest BCUT2D eigenvalue weighted by molar-refractivity contribution is 0.125. The minimum Gasteiger partial charge on any atom is -0.376 e. The van der Waals surface area contributed by atoms with Gasteiger partial charge in [-0.25, -0.2) is 0 Å². The number of rotatable bonds is 7. The van der Waals surface area contributed by atoms with Crippen molar-refractivity contribution >= 4 is 29.1 Å². The van der Waals surface area contributed by atoms with E-state index in [1.165, 1.54) is 5.69 Å². The molecule has 2 heterocycles. The Labute approximate surface area is 254 Å². The van der Waals surface area contributed by atoms with E-state index in [2.05, 4.69) is 102 Å². The van der Waals surface area contributed by atoms with Crippen LogP contribution >= 0.6 is 11.6 Å². The molecule has 0 radical (unpaired) electrons. The Morgan fingerprint density at radius 1 is 0.786 bits per heavy atom. The lowest BCUT2D eigenvalue weighted by atomic mass is 9.79. The Morgan fingerprint density at radius 3 is 2.02 bits per heavy atom. The number of nitrogens with zero attached hydrogens (tertiary/aromatic N) is 3. The maximum atomic E-state index is 12.6. The number of aryl methyl sites for hydroxylation is 1. The summed E-state index contributed by atoms with van der Waals surface area (Å²) in [5.41, 5.74) is 7.92. The number of aliphatic hydroxyl groups is 1. The molecule has 6 rings (SSSR count). The third-order valence-electron chi connectivity index (χ3n) is 8.57. The van der Waals surface area contributed by atoms with E-state index >= 15 is 0 Å². The van der Waals surface area contributed by atoms with Gasteiger partial charge in [-0.3, -0.25) is 0 Å². The average Bonchev–Trinajstić information content (AvgIpc) is 3.03. The Bertz CT molecular complexity index is 1540. The minimum atomic E-state index is -1.34. The number of benzene rings is 4. The van der Waals surface area contributed by atoms with Crippen LogP contribution in [0.15, 0.2) is 115 Å². The molecule has 1 atom stereocenters. The van der Waals surface area contributed by atoms with Gasteiger partial charge in [-0.2, -0.15) is 0 Å². The molecule has 214 valence electrons. The van der Waals surface area contributed by atoms with E-state index in [9.17, 15) is 5.11 Å². The van der Waals surface area contributed by atoms with Crippen LogP contribution in [0.1, 0.15) is 41.2 Å². The molecule has 5 heteroatoms. The summed E-state index contributed by atoms with van der Waals surface area (Å²) in [7, 11) is 0. The lowest BCUT2D eigenvalue weighted by Crippen LogP contribution is -2.47. The van der Waals surface area contributed by atoms with Crippen LogP contribution in [0.25, 0.3) is 6.08 Å². The predicted octanol–water partition coefficient (Wildman–Crippen LogP) is 7.84. The van der Waals surface area contributed by atoms with Crippen LogP contribution in [-0.4, -0.2) is 42.7 Å². The fourth-order valence-corrected chi connectivity index (χ4v) is 6.36. The summed E-state index contributed by atoms with van der Waals surface area (Å²) in [6.07, 6.45) is 3.27. The van der Waals surface area contributed by atoms with Crippen molar-refractivity contribution in [1.82, 2.24) is 4.90 Å². The van der Waals surface area contributed by atoms with E-state index in [-0.39, 0.29) is 0 Å². The maximum absolute atomic E-state index is 12.6. The lowest BCUT2D eigenvalue weighted by Gasteiger charge is -2.43. The van der Waals surface area contributed by atoms with E-state index in [4.69, 9.17) is 11.6 Å². The zero-order valence-electron chi connectivity index (χ0n) is 24.4. The summed E-state index contributed by atoms with van der Waals surface area (Å²) >= 11 is 6.25. The molecule has 4 aromatic rings. The highest BCUT2D eigenvalue weighted by molar-refractivity contribution is 6.30. The first kappa shape index (κ1) is 28.1. The van der Waals surface area contributed by atoms with E-state index in [1.54, 1.807) is 0 Å². The van der Waals surface area contributed by atoms with E-state index in [1.807, 2.05) is 36.4 Å². The highest BCUT2D eigenvalue weighted by Gasteiger charge is 2.36. The second kappa shape index (κ2) is 11.7. The summed E-state index contributed by atoms with van der Waals surface area (Å²) in [5, 5.41) is 13.2. The van der Waals surface area contributed by atoms with Gasteiger partial charge in [0.05, 0.1) is 11.4 Å². The van der Waals surface area contributed by atoms with E-state index < -0.39 is 5.60 Å². The van der Waals surface area contributed by atoms with Crippen LogP contribution in [0.3, 0.4) is 0 Å². The quantitative estimate of drug-likeness (QED) is 0.227. The molecule has 0 amide bonds. The van der Waals surface area contributed by atoms with Crippen LogP contribution in [0, 0.1) is 6.92 Å². The fourth-order valence-electron chi connectivity index (χ4n) is 6.24. The summed E-state index contributed by atoms with van der Waals surface area (Å²) in [4.78, 5) is 7.25. The highest BCUT2D eigenvalue weighted by Crippen LogP contribution is 2.42. The normalized spacial score (nSPS) is 16.6. The molecule has 1 fully saturated rings. The molecule has 1 unspecified atom stereocenters. The number of hydrogen-bond donors (Lipinski definition) is 1. The van der Waals surface area contributed by atoms with Gasteiger partial charge >= 0.3 is 0 Å². The van der Waals surface area contributed by atoms with Gasteiger partial charge in [-0.1, -0.05) is 91.3 Å². The van der Waals surface area contributed by atoms with Gasteiger partial charge in [-0.15, -0.1) is 0 Å². The van der Waals surface area contributed by atoms with Crippen LogP contribution in [0.5, 0.6) is 0 Å². The third-order valence-corrected chi connectivity index (χ3v) is 8.82. The van der Waals surface area contributed by atoms with Crippen LogP contribution in [0.2, 0.25) is 5.02 Å². The largest absolute Gasteiger partial charge is 0.376 e. The number of para-hydroxylation sites is 1. The number of fused-ring (bicyclic) bond motifs is 1. The highest BCUT2D eigenvalue weighted by atomic mass is 35.5. The maximum Gasteiger partial charge on any atom is 0.140 e. The van der Waals surface area contributed by atoms with Crippen LogP contribution < -0.4 is 9.80 Å². The molecule has 4 nitrogen and oxygen atoms in total. The Balaban J connectivity index is 1.40. The number of halogens is 1. The zero-order valence-corrected chi connectivity index (χ0v) is 25.2. The number of anilines is 2. The number of piperazine rings is 1. The average molecular weight is 576 g/mol. The molecule has 4 aromatic carbocycles. The molecule has 0 aliphatic carbocycles. The van der Waals surface area contributed by atoms with Crippen LogP contribution in [0.4, 0.5) is 11.4 Å². The molecule has 2 aliphatic rings. The van der Waals surface area contributed by atoms with Gasteiger partial charge in [0.25, 0.3) is 0 Å². The molecule has 1 saturated heterocycles. The van der Waals surface area contributed by atoms with Crippen molar-refractivity contribution in [3.63, 3.8) is 0 Å². The monoisotopic (exact) mass is 575 g/mol. The van der Waals surface area contributed by atoms with Crippen molar-refractivity contribution in [2.24, 2.45) is 0 Å². The minimum absolute atomic E-state index is 0.643. The van der Waals surface area contributed by atoms with Crippen molar-refractivity contribution in [3.05, 3.63) is 148 Å². The number of hydrogen-bond acceptors (Lipinski definition) is 4. The second-order valence-electron chi connectivity index (χ2n) is 11.3. The van der Waals surface area contributed by atoms with Gasteiger partial charge < -0.3 is 19.8 Å². The van der Waals surface area contributed by atoms with Gasteiger partial charge in [0.2, 0.25) is 0 Å².